The molecule has 1 aromatic rings. The van der Waals surface area contributed by atoms with Gasteiger partial charge in [-0.25, -0.2) is 0 Å². The first kappa shape index (κ1) is 12.0. The minimum Gasteiger partial charge on any atom is -0.496 e. The average Bonchev–Trinajstić information content (AvgIpc) is 2.19. The molecule has 0 spiro atoms. The lowest BCUT2D eigenvalue weighted by Crippen LogP contribution is -2.09. The van der Waals surface area contributed by atoms with Crippen LogP contribution in [0.3, 0.4) is 0 Å². The number of carboxylic acids is 1. The van der Waals surface area contributed by atoms with E-state index in [1.54, 1.807) is 20.1 Å². The minimum atomic E-state index is -0.824. The first-order valence-corrected chi connectivity index (χ1v) is 5.33. The zero-order chi connectivity index (χ0) is 11.6. The number of halogens is 1. The van der Waals surface area contributed by atoms with Crippen LogP contribution in [-0.4, -0.2) is 18.2 Å². The van der Waals surface area contributed by atoms with E-state index in [1.165, 1.54) is 0 Å². The molecule has 1 unspecified atom stereocenters. The number of aryl methyl sites for hydroxylation is 1. The van der Waals surface area contributed by atoms with Crippen LogP contribution < -0.4 is 4.74 Å². The van der Waals surface area contributed by atoms with Crippen LogP contribution in [0.1, 0.15) is 24.0 Å². The first-order valence-electron chi connectivity index (χ1n) is 4.54. The van der Waals surface area contributed by atoms with Gasteiger partial charge in [0.2, 0.25) is 0 Å². The molecule has 82 valence electrons. The zero-order valence-corrected chi connectivity index (χ0v) is 10.5. The highest BCUT2D eigenvalue weighted by Crippen LogP contribution is 2.31. The molecule has 0 aliphatic rings. The summed E-state index contributed by atoms with van der Waals surface area (Å²) in [7, 11) is 1.58. The van der Waals surface area contributed by atoms with Crippen molar-refractivity contribution in [3.63, 3.8) is 0 Å². The average molecular weight is 273 g/mol. The van der Waals surface area contributed by atoms with Crippen LogP contribution in [0.15, 0.2) is 16.6 Å². The molecule has 0 bridgehead atoms. The predicted octanol–water partition coefficient (Wildman–Crippen LogP) is 2.95. The molecular formula is C11H13BrO3. The summed E-state index contributed by atoms with van der Waals surface area (Å²) >= 11 is 3.34. The molecule has 0 saturated carbocycles. The summed E-state index contributed by atoms with van der Waals surface area (Å²) < 4.78 is 5.90. The Morgan fingerprint density at radius 3 is 2.60 bits per heavy atom. The molecule has 0 aliphatic carbocycles. The molecule has 0 saturated heterocycles. The molecular weight excluding hydrogens is 260 g/mol. The van der Waals surface area contributed by atoms with E-state index in [2.05, 4.69) is 15.9 Å². The molecule has 1 rings (SSSR count). The fourth-order valence-corrected chi connectivity index (χ4v) is 1.95. The van der Waals surface area contributed by atoms with E-state index in [4.69, 9.17) is 9.84 Å². The topological polar surface area (TPSA) is 46.5 Å². The molecule has 0 aliphatic heterocycles. The third-order valence-corrected chi connectivity index (χ3v) is 3.00. The molecule has 1 atom stereocenters. The second-order valence-electron chi connectivity index (χ2n) is 3.40. The van der Waals surface area contributed by atoms with Crippen LogP contribution in [0, 0.1) is 6.92 Å². The van der Waals surface area contributed by atoms with Gasteiger partial charge in [0.05, 0.1) is 17.5 Å². The van der Waals surface area contributed by atoms with Crippen molar-refractivity contribution in [2.24, 2.45) is 0 Å². The summed E-state index contributed by atoms with van der Waals surface area (Å²) in [4.78, 5) is 10.9. The summed E-state index contributed by atoms with van der Waals surface area (Å²) in [5.41, 5.74) is 1.72. The van der Waals surface area contributed by atoms with Crippen molar-refractivity contribution in [3.8, 4) is 5.75 Å². The molecule has 3 nitrogen and oxygen atoms in total. The number of benzene rings is 1. The van der Waals surface area contributed by atoms with Gasteiger partial charge in [-0.1, -0.05) is 0 Å². The summed E-state index contributed by atoms with van der Waals surface area (Å²) in [6.45, 7) is 3.55. The number of rotatable bonds is 3. The Bertz CT molecular complexity index is 388. The van der Waals surface area contributed by atoms with Gasteiger partial charge in [0.1, 0.15) is 5.75 Å². The Kier molecular flexibility index (Phi) is 3.74. The van der Waals surface area contributed by atoms with Gasteiger partial charge in [-0.3, -0.25) is 4.79 Å². The van der Waals surface area contributed by atoms with Crippen molar-refractivity contribution >= 4 is 21.9 Å². The van der Waals surface area contributed by atoms with E-state index in [0.717, 1.165) is 15.6 Å². The quantitative estimate of drug-likeness (QED) is 0.920. The van der Waals surface area contributed by atoms with Crippen molar-refractivity contribution in [3.05, 3.63) is 27.7 Å². The van der Waals surface area contributed by atoms with Gasteiger partial charge < -0.3 is 9.84 Å². The van der Waals surface area contributed by atoms with Crippen molar-refractivity contribution in [2.75, 3.05) is 7.11 Å². The molecule has 0 radical (unpaired) electrons. The van der Waals surface area contributed by atoms with Crippen LogP contribution in [0.25, 0.3) is 0 Å². The number of aliphatic carboxylic acids is 1. The molecule has 1 N–H and O–H groups in total. The van der Waals surface area contributed by atoms with Crippen LogP contribution in [-0.2, 0) is 4.79 Å². The number of carbonyl (C=O) groups is 1. The summed E-state index contributed by atoms with van der Waals surface area (Å²) in [5.74, 6) is -0.615. The van der Waals surface area contributed by atoms with E-state index in [0.29, 0.717) is 5.75 Å². The summed E-state index contributed by atoms with van der Waals surface area (Å²) in [6.07, 6.45) is 0. The van der Waals surface area contributed by atoms with Gasteiger partial charge in [-0.15, -0.1) is 0 Å². The van der Waals surface area contributed by atoms with Crippen molar-refractivity contribution in [1.29, 1.82) is 0 Å². The van der Waals surface area contributed by atoms with Crippen LogP contribution >= 0.6 is 15.9 Å². The Balaban J connectivity index is 3.21. The molecule has 0 amide bonds. The normalized spacial score (nSPS) is 12.3. The largest absolute Gasteiger partial charge is 0.496 e. The molecule has 1 aromatic carbocycles. The number of hydrogen-bond acceptors (Lipinski definition) is 2. The fraction of sp³-hybridized carbons (Fsp3) is 0.364. The number of ether oxygens (including phenoxy) is 1. The second kappa shape index (κ2) is 4.66. The molecule has 0 heterocycles. The second-order valence-corrected chi connectivity index (χ2v) is 4.26. The molecule has 15 heavy (non-hydrogen) atoms. The van der Waals surface area contributed by atoms with Gasteiger partial charge in [0.25, 0.3) is 0 Å². The number of hydrogen-bond donors (Lipinski definition) is 1. The van der Waals surface area contributed by atoms with E-state index in [-0.39, 0.29) is 0 Å². The third kappa shape index (κ3) is 2.50. The van der Waals surface area contributed by atoms with E-state index >= 15 is 0 Å². The van der Waals surface area contributed by atoms with E-state index in [9.17, 15) is 4.79 Å². The lowest BCUT2D eigenvalue weighted by atomic mass is 9.96. The predicted molar refractivity (Wildman–Crippen MR) is 61.5 cm³/mol. The van der Waals surface area contributed by atoms with Crippen LogP contribution in [0.4, 0.5) is 0 Å². The highest BCUT2D eigenvalue weighted by atomic mass is 79.9. The summed E-state index contributed by atoms with van der Waals surface area (Å²) in [6, 6.07) is 3.63. The smallest absolute Gasteiger partial charge is 0.310 e. The Morgan fingerprint density at radius 2 is 2.13 bits per heavy atom. The van der Waals surface area contributed by atoms with E-state index < -0.39 is 11.9 Å². The zero-order valence-electron chi connectivity index (χ0n) is 8.87. The molecule has 0 fully saturated rings. The Morgan fingerprint density at radius 1 is 1.53 bits per heavy atom. The van der Waals surface area contributed by atoms with Crippen molar-refractivity contribution < 1.29 is 14.6 Å². The van der Waals surface area contributed by atoms with Gasteiger partial charge in [0, 0.05) is 0 Å². The highest BCUT2D eigenvalue weighted by Gasteiger charge is 2.17. The lowest BCUT2D eigenvalue weighted by molar-refractivity contribution is -0.138. The number of carboxylic acid groups (broad SMARTS) is 1. The minimum absolute atomic E-state index is 0.507. The first-order chi connectivity index (χ1) is 6.97. The highest BCUT2D eigenvalue weighted by molar-refractivity contribution is 9.10. The fourth-order valence-electron chi connectivity index (χ4n) is 1.43. The van der Waals surface area contributed by atoms with Gasteiger partial charge in [0.15, 0.2) is 0 Å². The summed E-state index contributed by atoms with van der Waals surface area (Å²) in [5, 5.41) is 8.93. The van der Waals surface area contributed by atoms with Crippen LogP contribution in [0.2, 0.25) is 0 Å². The third-order valence-electron chi connectivity index (χ3n) is 2.38. The van der Waals surface area contributed by atoms with Crippen LogP contribution in [0.5, 0.6) is 5.75 Å². The SMILES string of the molecule is COc1cc(C)c(C(C)C(=O)O)cc1Br. The Labute approximate surface area is 97.2 Å². The maximum Gasteiger partial charge on any atom is 0.310 e. The standard InChI is InChI=1S/C11H13BrO3/c1-6-4-10(15-3)9(12)5-8(6)7(2)11(13)14/h4-5,7H,1-3H3,(H,13,14). The maximum atomic E-state index is 10.9. The monoisotopic (exact) mass is 272 g/mol. The Hall–Kier alpha value is -1.03. The van der Waals surface area contributed by atoms with Crippen molar-refractivity contribution in [2.45, 2.75) is 19.8 Å². The molecule has 4 heteroatoms. The maximum absolute atomic E-state index is 10.9. The lowest BCUT2D eigenvalue weighted by Gasteiger charge is -2.13. The van der Waals surface area contributed by atoms with Crippen molar-refractivity contribution in [1.82, 2.24) is 0 Å². The van der Waals surface area contributed by atoms with Gasteiger partial charge in [-0.05, 0) is 53.0 Å². The van der Waals surface area contributed by atoms with E-state index in [1.807, 2.05) is 13.0 Å². The van der Waals surface area contributed by atoms with Gasteiger partial charge >= 0.3 is 5.97 Å². The van der Waals surface area contributed by atoms with Gasteiger partial charge in [-0.2, -0.15) is 0 Å². The number of methoxy groups -OCH3 is 1. The molecule has 0 aromatic heterocycles.